The Morgan fingerprint density at radius 1 is 1.16 bits per heavy atom. The summed E-state index contributed by atoms with van der Waals surface area (Å²) in [6.07, 6.45) is -3.73. The quantitative estimate of drug-likeness (QED) is 0.578. The molecule has 1 saturated heterocycles. The molecule has 10 heteroatoms. The van der Waals surface area contributed by atoms with Crippen LogP contribution in [0.25, 0.3) is 5.82 Å². The third-order valence-electron chi connectivity index (χ3n) is 5.25. The van der Waals surface area contributed by atoms with E-state index in [4.69, 9.17) is 4.74 Å². The maximum absolute atomic E-state index is 13.4. The molecule has 0 spiro atoms. The number of rotatable bonds is 5. The van der Waals surface area contributed by atoms with Crippen molar-refractivity contribution in [1.82, 2.24) is 20.1 Å². The number of benzene rings is 1. The van der Waals surface area contributed by atoms with Crippen molar-refractivity contribution in [3.8, 4) is 5.82 Å². The molecule has 1 fully saturated rings. The van der Waals surface area contributed by atoms with Gasteiger partial charge < -0.3 is 10.1 Å². The number of likely N-dealkylation sites (N-methyl/N-ethyl adjacent to an activating group) is 1. The number of ether oxygens (including phenoxy) is 1. The van der Waals surface area contributed by atoms with Gasteiger partial charge in [0.05, 0.1) is 0 Å². The lowest BCUT2D eigenvalue weighted by atomic mass is 10.0. The predicted molar refractivity (Wildman–Crippen MR) is 112 cm³/mol. The van der Waals surface area contributed by atoms with E-state index < -0.39 is 17.8 Å². The van der Waals surface area contributed by atoms with Gasteiger partial charge in [-0.05, 0) is 45.0 Å². The number of aryl methyl sites for hydroxylation is 3. The lowest BCUT2D eigenvalue weighted by molar-refractivity contribution is -0.141. The fourth-order valence-corrected chi connectivity index (χ4v) is 3.68. The average Bonchev–Trinajstić information content (AvgIpc) is 3.37. The van der Waals surface area contributed by atoms with Gasteiger partial charge in [0.1, 0.15) is 18.0 Å². The van der Waals surface area contributed by atoms with Crippen molar-refractivity contribution in [2.75, 3.05) is 12.4 Å². The lowest BCUT2D eigenvalue weighted by Crippen LogP contribution is -2.20. The molecule has 3 heterocycles. The third kappa shape index (κ3) is 4.11. The van der Waals surface area contributed by atoms with Gasteiger partial charge in [-0.3, -0.25) is 10.1 Å². The van der Waals surface area contributed by atoms with Crippen LogP contribution in [0.3, 0.4) is 0 Å². The monoisotopic (exact) mass is 445 g/mol. The maximum atomic E-state index is 13.4. The van der Waals surface area contributed by atoms with Crippen LogP contribution in [-0.2, 0) is 10.9 Å². The van der Waals surface area contributed by atoms with Crippen molar-refractivity contribution in [1.29, 1.82) is 0 Å². The molecule has 1 aliphatic heterocycles. The Hall–Kier alpha value is -3.24. The number of carbonyl (C=O) groups excluding carboxylic acids is 1. The maximum Gasteiger partial charge on any atom is 0.435 e. The zero-order chi connectivity index (χ0) is 23.2. The summed E-state index contributed by atoms with van der Waals surface area (Å²) in [4.78, 5) is 17.3. The van der Waals surface area contributed by atoms with Gasteiger partial charge in [-0.2, -0.15) is 18.3 Å². The van der Waals surface area contributed by atoms with E-state index >= 15 is 0 Å². The fourth-order valence-electron chi connectivity index (χ4n) is 3.68. The molecule has 1 aliphatic rings. The number of alkyl halides is 3. The smallest absolute Gasteiger partial charge is 0.348 e. The van der Waals surface area contributed by atoms with Crippen molar-refractivity contribution in [3.05, 3.63) is 70.2 Å². The standard InChI is InChI=1S/C22H22F3N5O2/c1-11-8-13(3)17(14(9-11)18-21(26-4)32-18)28-20(31)15-10-16(22(23,24)25)29-30(15)19-12(2)6-5-7-27-19/h5-10,18,21,26H,1-4H3,(H,28,31). The topological polar surface area (TPSA) is 84.4 Å². The summed E-state index contributed by atoms with van der Waals surface area (Å²) in [5.41, 5.74) is 2.15. The Bertz CT molecular complexity index is 1190. The van der Waals surface area contributed by atoms with E-state index in [1.54, 1.807) is 26.1 Å². The second kappa shape index (κ2) is 8.03. The van der Waals surface area contributed by atoms with Crippen LogP contribution in [0.4, 0.5) is 18.9 Å². The first-order valence-corrected chi connectivity index (χ1v) is 9.94. The largest absolute Gasteiger partial charge is 0.435 e. The molecule has 2 aromatic heterocycles. The molecular formula is C22H22F3N5O2. The molecule has 0 bridgehead atoms. The van der Waals surface area contributed by atoms with Crippen LogP contribution in [0.15, 0.2) is 36.5 Å². The number of epoxide rings is 1. The molecule has 2 atom stereocenters. The number of hydrogen-bond acceptors (Lipinski definition) is 5. The summed E-state index contributed by atoms with van der Waals surface area (Å²) in [6.45, 7) is 5.43. The average molecular weight is 445 g/mol. The van der Waals surface area contributed by atoms with Gasteiger partial charge in [0.2, 0.25) is 0 Å². The summed E-state index contributed by atoms with van der Waals surface area (Å²) < 4.78 is 46.8. The van der Waals surface area contributed by atoms with Crippen molar-refractivity contribution >= 4 is 11.6 Å². The highest BCUT2D eigenvalue weighted by molar-refractivity contribution is 6.04. The molecule has 1 aromatic carbocycles. The predicted octanol–water partition coefficient (Wildman–Crippen LogP) is 4.08. The second-order valence-corrected chi connectivity index (χ2v) is 7.73. The molecule has 4 rings (SSSR count). The molecule has 0 saturated carbocycles. The number of aromatic nitrogens is 3. The molecule has 2 N–H and O–H groups in total. The number of nitrogens with zero attached hydrogens (tertiary/aromatic N) is 3. The van der Waals surface area contributed by atoms with E-state index in [-0.39, 0.29) is 23.8 Å². The Labute approximate surface area is 182 Å². The third-order valence-corrected chi connectivity index (χ3v) is 5.25. The van der Waals surface area contributed by atoms with Gasteiger partial charge in [0.25, 0.3) is 5.91 Å². The number of hydrogen-bond donors (Lipinski definition) is 2. The van der Waals surface area contributed by atoms with Gasteiger partial charge in [0, 0.05) is 23.5 Å². The zero-order valence-electron chi connectivity index (χ0n) is 17.9. The van der Waals surface area contributed by atoms with Crippen LogP contribution in [0.2, 0.25) is 0 Å². The number of carbonyl (C=O) groups is 1. The van der Waals surface area contributed by atoms with Crippen molar-refractivity contribution in [2.24, 2.45) is 0 Å². The molecule has 0 radical (unpaired) electrons. The normalized spacial score (nSPS) is 18.0. The van der Waals surface area contributed by atoms with Gasteiger partial charge in [0.15, 0.2) is 11.5 Å². The SMILES string of the molecule is CNC1OC1c1cc(C)cc(C)c1NC(=O)c1cc(C(F)(F)F)nn1-c1ncccc1C. The van der Waals surface area contributed by atoms with E-state index in [1.165, 1.54) is 6.20 Å². The summed E-state index contributed by atoms with van der Waals surface area (Å²) in [6, 6.07) is 7.85. The Morgan fingerprint density at radius 2 is 1.91 bits per heavy atom. The van der Waals surface area contributed by atoms with Crippen molar-refractivity contribution < 1.29 is 22.7 Å². The van der Waals surface area contributed by atoms with Crippen LogP contribution >= 0.6 is 0 Å². The lowest BCUT2D eigenvalue weighted by Gasteiger charge is -2.15. The molecule has 0 aliphatic carbocycles. The van der Waals surface area contributed by atoms with E-state index in [2.05, 4.69) is 20.7 Å². The van der Waals surface area contributed by atoms with Crippen LogP contribution in [0, 0.1) is 20.8 Å². The summed E-state index contributed by atoms with van der Waals surface area (Å²) in [7, 11) is 1.76. The molecular weight excluding hydrogens is 423 g/mol. The highest BCUT2D eigenvalue weighted by Gasteiger charge is 2.41. The van der Waals surface area contributed by atoms with Crippen LogP contribution in [-0.4, -0.2) is 33.9 Å². The van der Waals surface area contributed by atoms with Crippen molar-refractivity contribution in [2.45, 2.75) is 39.3 Å². The Kier molecular flexibility index (Phi) is 5.51. The minimum Gasteiger partial charge on any atom is -0.348 e. The number of anilines is 1. The van der Waals surface area contributed by atoms with E-state index in [0.717, 1.165) is 27.4 Å². The molecule has 2 unspecified atom stereocenters. The highest BCUT2D eigenvalue weighted by Crippen LogP contribution is 2.42. The zero-order valence-corrected chi connectivity index (χ0v) is 17.9. The highest BCUT2D eigenvalue weighted by atomic mass is 19.4. The first-order chi connectivity index (χ1) is 15.1. The second-order valence-electron chi connectivity index (χ2n) is 7.73. The van der Waals surface area contributed by atoms with Gasteiger partial charge >= 0.3 is 6.18 Å². The Morgan fingerprint density at radius 3 is 2.53 bits per heavy atom. The molecule has 7 nitrogen and oxygen atoms in total. The number of pyridine rings is 1. The van der Waals surface area contributed by atoms with Crippen LogP contribution in [0.1, 0.15) is 44.5 Å². The van der Waals surface area contributed by atoms with Gasteiger partial charge in [-0.1, -0.05) is 23.8 Å². The first-order valence-electron chi connectivity index (χ1n) is 9.94. The van der Waals surface area contributed by atoms with Gasteiger partial charge in [-0.15, -0.1) is 0 Å². The fraction of sp³-hybridized carbons (Fsp3) is 0.318. The number of amides is 1. The summed E-state index contributed by atoms with van der Waals surface area (Å²) in [5.74, 6) is -0.581. The van der Waals surface area contributed by atoms with Crippen LogP contribution < -0.4 is 10.6 Å². The van der Waals surface area contributed by atoms with E-state index in [9.17, 15) is 18.0 Å². The minimum absolute atomic E-state index is 0.148. The molecule has 3 aromatic rings. The van der Waals surface area contributed by atoms with E-state index in [0.29, 0.717) is 11.3 Å². The molecule has 1 amide bonds. The van der Waals surface area contributed by atoms with E-state index in [1.807, 2.05) is 26.0 Å². The summed E-state index contributed by atoms with van der Waals surface area (Å²) in [5, 5.41) is 9.43. The summed E-state index contributed by atoms with van der Waals surface area (Å²) >= 11 is 0. The van der Waals surface area contributed by atoms with Crippen LogP contribution in [0.5, 0.6) is 0 Å². The first kappa shape index (κ1) is 22.0. The van der Waals surface area contributed by atoms with Gasteiger partial charge in [-0.25, -0.2) is 9.67 Å². The van der Waals surface area contributed by atoms with Crippen molar-refractivity contribution in [3.63, 3.8) is 0 Å². The Balaban J connectivity index is 1.77. The minimum atomic E-state index is -4.71. The molecule has 168 valence electrons. The number of halogens is 3. The number of nitrogens with one attached hydrogen (secondary N) is 2. The molecule has 32 heavy (non-hydrogen) atoms.